The fourth-order valence-corrected chi connectivity index (χ4v) is 5.16. The molecule has 5 heterocycles. The van der Waals surface area contributed by atoms with Gasteiger partial charge in [-0.2, -0.15) is 9.61 Å². The largest absolute Gasteiger partial charge is 0.491 e. The SMILES string of the molecule is Clc1cccc2c1OCC1CN(c3c4c(nc5ccnn35)CCNCC4)[C@@H]1C2. The molecule has 28 heavy (non-hydrogen) atoms. The number of rotatable bonds is 1. The number of nitrogens with one attached hydrogen (secondary N) is 1. The van der Waals surface area contributed by atoms with Crippen LogP contribution in [0.2, 0.25) is 5.02 Å². The van der Waals surface area contributed by atoms with E-state index in [-0.39, 0.29) is 0 Å². The maximum atomic E-state index is 6.39. The van der Waals surface area contributed by atoms with Crippen LogP contribution in [0, 0.1) is 5.92 Å². The molecule has 1 fully saturated rings. The summed E-state index contributed by atoms with van der Waals surface area (Å²) in [6, 6.07) is 8.47. The Labute approximate surface area is 168 Å². The average Bonchev–Trinajstić information content (AvgIpc) is 2.94. The van der Waals surface area contributed by atoms with Crippen molar-refractivity contribution in [2.45, 2.75) is 25.3 Å². The van der Waals surface area contributed by atoms with Gasteiger partial charge in [-0.3, -0.25) is 0 Å². The number of benzene rings is 1. The lowest BCUT2D eigenvalue weighted by Gasteiger charge is -2.49. The van der Waals surface area contributed by atoms with Gasteiger partial charge >= 0.3 is 0 Å². The molecular weight excluding hydrogens is 374 g/mol. The molecule has 7 heteroatoms. The van der Waals surface area contributed by atoms with Crippen LogP contribution in [0.15, 0.2) is 30.5 Å². The zero-order valence-corrected chi connectivity index (χ0v) is 16.3. The number of halogens is 1. The summed E-state index contributed by atoms with van der Waals surface area (Å²) in [6.07, 6.45) is 4.75. The summed E-state index contributed by atoms with van der Waals surface area (Å²) >= 11 is 6.39. The smallest absolute Gasteiger partial charge is 0.157 e. The highest BCUT2D eigenvalue weighted by atomic mass is 35.5. The van der Waals surface area contributed by atoms with Crippen molar-refractivity contribution in [2.24, 2.45) is 5.92 Å². The van der Waals surface area contributed by atoms with E-state index < -0.39 is 0 Å². The molecule has 1 aromatic carbocycles. The molecule has 2 atom stereocenters. The topological polar surface area (TPSA) is 54.7 Å². The van der Waals surface area contributed by atoms with E-state index in [1.165, 1.54) is 22.6 Å². The number of fused-ring (bicyclic) bond motifs is 4. The molecule has 1 unspecified atom stereocenters. The Morgan fingerprint density at radius 3 is 3.07 bits per heavy atom. The van der Waals surface area contributed by atoms with Gasteiger partial charge in [0.25, 0.3) is 0 Å². The summed E-state index contributed by atoms with van der Waals surface area (Å²) in [4.78, 5) is 7.42. The molecule has 2 aromatic heterocycles. The third-order valence-electron chi connectivity index (χ3n) is 6.35. The van der Waals surface area contributed by atoms with Crippen molar-refractivity contribution in [2.75, 3.05) is 31.1 Å². The van der Waals surface area contributed by atoms with Crippen LogP contribution in [0.4, 0.5) is 5.82 Å². The lowest BCUT2D eigenvalue weighted by molar-refractivity contribution is 0.187. The second kappa shape index (κ2) is 6.36. The third kappa shape index (κ3) is 2.44. The minimum absolute atomic E-state index is 0.398. The molecule has 0 spiro atoms. The van der Waals surface area contributed by atoms with E-state index in [1.807, 2.05) is 28.9 Å². The van der Waals surface area contributed by atoms with Crippen molar-refractivity contribution < 1.29 is 4.74 Å². The molecule has 0 aliphatic carbocycles. The fourth-order valence-electron chi connectivity index (χ4n) is 4.91. The predicted molar refractivity (Wildman–Crippen MR) is 109 cm³/mol. The molecule has 1 saturated heterocycles. The molecular formula is C21H22ClN5O. The predicted octanol–water partition coefficient (Wildman–Crippen LogP) is 2.51. The first-order valence-electron chi connectivity index (χ1n) is 10.0. The maximum Gasteiger partial charge on any atom is 0.157 e. The molecule has 0 bridgehead atoms. The summed E-state index contributed by atoms with van der Waals surface area (Å²) in [5.41, 5.74) is 4.69. The van der Waals surface area contributed by atoms with E-state index in [0.717, 1.165) is 56.9 Å². The van der Waals surface area contributed by atoms with E-state index in [4.69, 9.17) is 21.3 Å². The van der Waals surface area contributed by atoms with Gasteiger partial charge in [0.2, 0.25) is 0 Å². The average molecular weight is 396 g/mol. The van der Waals surface area contributed by atoms with E-state index in [9.17, 15) is 0 Å². The highest BCUT2D eigenvalue weighted by Crippen LogP contribution is 2.42. The second-order valence-electron chi connectivity index (χ2n) is 7.93. The van der Waals surface area contributed by atoms with E-state index in [1.54, 1.807) is 0 Å². The van der Waals surface area contributed by atoms with Crippen LogP contribution in [-0.2, 0) is 19.3 Å². The van der Waals surface area contributed by atoms with Crippen LogP contribution in [-0.4, -0.2) is 46.9 Å². The minimum atomic E-state index is 0.398. The molecule has 1 N–H and O–H groups in total. The number of nitrogens with zero attached hydrogens (tertiary/aromatic N) is 4. The monoisotopic (exact) mass is 395 g/mol. The quantitative estimate of drug-likeness (QED) is 0.686. The van der Waals surface area contributed by atoms with Gasteiger partial charge in [0.15, 0.2) is 5.65 Å². The normalized spacial score (nSPS) is 23.7. The van der Waals surface area contributed by atoms with E-state index >= 15 is 0 Å². The molecule has 144 valence electrons. The Kier molecular flexibility index (Phi) is 3.77. The van der Waals surface area contributed by atoms with Crippen LogP contribution in [0.5, 0.6) is 5.75 Å². The molecule has 3 aromatic rings. The van der Waals surface area contributed by atoms with E-state index in [2.05, 4.69) is 21.4 Å². The number of hydrogen-bond acceptors (Lipinski definition) is 5. The van der Waals surface area contributed by atoms with Crippen molar-refractivity contribution in [3.63, 3.8) is 0 Å². The van der Waals surface area contributed by atoms with Crippen molar-refractivity contribution in [3.8, 4) is 5.75 Å². The Hall–Kier alpha value is -2.31. The minimum Gasteiger partial charge on any atom is -0.491 e. The molecule has 3 aliphatic heterocycles. The molecule has 6 rings (SSSR count). The standard InChI is InChI=1S/C21H22ClN5O/c22-16-3-1-2-13-10-18-14(12-28-20(13)16)11-26(18)21-15-4-7-23-8-5-17(15)25-19-6-9-24-27(19)21/h1-3,6,9,14,18,23H,4-5,7-8,10-12H2/t14?,18-/m1/s1. The molecule has 0 amide bonds. The van der Waals surface area contributed by atoms with Gasteiger partial charge in [0, 0.05) is 43.1 Å². The summed E-state index contributed by atoms with van der Waals surface area (Å²) in [5.74, 6) is 2.59. The van der Waals surface area contributed by atoms with Crippen LogP contribution in [0.1, 0.15) is 16.8 Å². The van der Waals surface area contributed by atoms with Gasteiger partial charge in [0.1, 0.15) is 11.6 Å². The van der Waals surface area contributed by atoms with Crippen molar-refractivity contribution in [1.82, 2.24) is 19.9 Å². The summed E-state index contributed by atoms with van der Waals surface area (Å²) in [5, 5.41) is 8.84. The van der Waals surface area contributed by atoms with Gasteiger partial charge in [-0.25, -0.2) is 4.98 Å². The first kappa shape index (κ1) is 16.6. The van der Waals surface area contributed by atoms with Crippen molar-refractivity contribution in [1.29, 1.82) is 0 Å². The zero-order chi connectivity index (χ0) is 18.7. The fraction of sp³-hybridized carbons (Fsp3) is 0.429. The first-order valence-corrected chi connectivity index (χ1v) is 10.4. The Morgan fingerprint density at radius 1 is 1.18 bits per heavy atom. The summed E-state index contributed by atoms with van der Waals surface area (Å²) < 4.78 is 8.13. The van der Waals surface area contributed by atoms with Crippen molar-refractivity contribution >= 4 is 23.1 Å². The van der Waals surface area contributed by atoms with Gasteiger partial charge < -0.3 is 15.0 Å². The molecule has 0 saturated carbocycles. The highest BCUT2D eigenvalue weighted by Gasteiger charge is 2.44. The Morgan fingerprint density at radius 2 is 2.11 bits per heavy atom. The maximum absolute atomic E-state index is 6.39. The molecule has 6 nitrogen and oxygen atoms in total. The second-order valence-corrected chi connectivity index (χ2v) is 8.34. The van der Waals surface area contributed by atoms with Gasteiger partial charge in [-0.05, 0) is 31.0 Å². The first-order chi connectivity index (χ1) is 13.8. The number of hydrogen-bond donors (Lipinski definition) is 1. The highest BCUT2D eigenvalue weighted by molar-refractivity contribution is 6.32. The van der Waals surface area contributed by atoms with Crippen LogP contribution in [0.3, 0.4) is 0 Å². The summed E-state index contributed by atoms with van der Waals surface area (Å²) in [6.45, 7) is 3.66. The van der Waals surface area contributed by atoms with Gasteiger partial charge in [-0.1, -0.05) is 23.7 Å². The lowest BCUT2D eigenvalue weighted by Crippen LogP contribution is -2.59. The van der Waals surface area contributed by atoms with E-state index in [0.29, 0.717) is 17.0 Å². The van der Waals surface area contributed by atoms with Crippen LogP contribution in [0.25, 0.3) is 5.65 Å². The zero-order valence-electron chi connectivity index (χ0n) is 15.6. The number of ether oxygens (including phenoxy) is 1. The Bertz CT molecular complexity index is 1060. The molecule has 0 radical (unpaired) electrons. The lowest BCUT2D eigenvalue weighted by atomic mass is 9.84. The Balaban J connectivity index is 1.45. The number of aromatic nitrogens is 3. The van der Waals surface area contributed by atoms with Gasteiger partial charge in [0.05, 0.1) is 23.5 Å². The van der Waals surface area contributed by atoms with Crippen molar-refractivity contribution in [3.05, 3.63) is 52.3 Å². The van der Waals surface area contributed by atoms with Gasteiger partial charge in [-0.15, -0.1) is 0 Å². The molecule has 3 aliphatic rings. The summed E-state index contributed by atoms with van der Waals surface area (Å²) in [7, 11) is 0. The van der Waals surface area contributed by atoms with Crippen LogP contribution >= 0.6 is 11.6 Å². The van der Waals surface area contributed by atoms with Crippen LogP contribution < -0.4 is 15.0 Å². The third-order valence-corrected chi connectivity index (χ3v) is 6.65. The number of para-hydroxylation sites is 1. The number of anilines is 1.